The van der Waals surface area contributed by atoms with E-state index in [1.165, 1.54) is 10.8 Å². The van der Waals surface area contributed by atoms with Crippen molar-refractivity contribution in [3.63, 3.8) is 0 Å². The summed E-state index contributed by atoms with van der Waals surface area (Å²) in [4.78, 5) is 2.53. The zero-order valence-corrected chi connectivity index (χ0v) is 16.6. The van der Waals surface area contributed by atoms with Gasteiger partial charge >= 0.3 is 0 Å². The van der Waals surface area contributed by atoms with E-state index in [9.17, 15) is 8.42 Å². The van der Waals surface area contributed by atoms with Crippen molar-refractivity contribution in [3.05, 3.63) is 72.3 Å². The number of piperazine rings is 1. The van der Waals surface area contributed by atoms with Crippen molar-refractivity contribution in [1.29, 1.82) is 0 Å². The summed E-state index contributed by atoms with van der Waals surface area (Å²) in [5.74, 6) is 0. The molecule has 4 rings (SSSR count). The maximum absolute atomic E-state index is 12.8. The van der Waals surface area contributed by atoms with Crippen LogP contribution in [0.15, 0.2) is 71.6 Å². The summed E-state index contributed by atoms with van der Waals surface area (Å²) < 4.78 is 28.3. The second kappa shape index (κ2) is 8.31. The molecule has 0 spiro atoms. The van der Waals surface area contributed by atoms with Crippen LogP contribution < -0.4 is 14.9 Å². The first-order valence-electron chi connectivity index (χ1n) is 9.65. The molecule has 0 saturated carbocycles. The number of hydrogen-bond donors (Lipinski definition) is 2. The van der Waals surface area contributed by atoms with E-state index in [-0.39, 0.29) is 0 Å². The molecule has 0 amide bonds. The van der Waals surface area contributed by atoms with Crippen LogP contribution in [0, 0.1) is 0 Å². The van der Waals surface area contributed by atoms with Crippen molar-refractivity contribution in [1.82, 2.24) is 10.0 Å². The molecule has 0 bridgehead atoms. The van der Waals surface area contributed by atoms with Gasteiger partial charge in [-0.05, 0) is 41.0 Å². The van der Waals surface area contributed by atoms with Gasteiger partial charge in [-0.25, -0.2) is 13.1 Å². The third kappa shape index (κ3) is 4.19. The number of fused-ring (bicyclic) bond motifs is 1. The Morgan fingerprint density at radius 2 is 1.68 bits per heavy atom. The number of sulfonamides is 1. The quantitative estimate of drug-likeness (QED) is 0.674. The van der Waals surface area contributed by atoms with Gasteiger partial charge in [-0.1, -0.05) is 48.5 Å². The van der Waals surface area contributed by atoms with Gasteiger partial charge in [-0.2, -0.15) is 0 Å². The van der Waals surface area contributed by atoms with Crippen molar-refractivity contribution < 1.29 is 8.42 Å². The van der Waals surface area contributed by atoms with Gasteiger partial charge in [-0.3, -0.25) is 0 Å². The minimum atomic E-state index is -3.54. The second-order valence-electron chi connectivity index (χ2n) is 7.02. The monoisotopic (exact) mass is 395 g/mol. The molecule has 6 heteroatoms. The second-order valence-corrected chi connectivity index (χ2v) is 8.79. The van der Waals surface area contributed by atoms with Crippen LogP contribution in [0.4, 0.5) is 5.69 Å². The van der Waals surface area contributed by atoms with Gasteiger partial charge in [0.25, 0.3) is 0 Å². The van der Waals surface area contributed by atoms with E-state index in [2.05, 4.69) is 39.2 Å². The van der Waals surface area contributed by atoms with E-state index in [1.54, 1.807) is 12.1 Å². The predicted octanol–water partition coefficient (Wildman–Crippen LogP) is 2.77. The minimum absolute atomic E-state index is 0.321. The molecule has 3 aromatic rings. The summed E-state index contributed by atoms with van der Waals surface area (Å²) in [6, 6.07) is 21.5. The third-order valence-electron chi connectivity index (χ3n) is 5.18. The van der Waals surface area contributed by atoms with E-state index < -0.39 is 10.0 Å². The third-order valence-corrected chi connectivity index (χ3v) is 6.64. The average Bonchev–Trinajstić information content (AvgIpc) is 2.74. The Morgan fingerprint density at radius 1 is 0.929 bits per heavy atom. The van der Waals surface area contributed by atoms with Crippen molar-refractivity contribution >= 4 is 26.5 Å². The van der Waals surface area contributed by atoms with Crippen LogP contribution in [0.2, 0.25) is 0 Å². The lowest BCUT2D eigenvalue weighted by atomic mass is 10.0. The summed E-state index contributed by atoms with van der Waals surface area (Å²) in [7, 11) is -3.54. The fraction of sp³-hybridized carbons (Fsp3) is 0.273. The van der Waals surface area contributed by atoms with Crippen LogP contribution in [0.3, 0.4) is 0 Å². The van der Waals surface area contributed by atoms with Crippen LogP contribution in [-0.2, 0) is 16.4 Å². The molecule has 1 fully saturated rings. The average molecular weight is 396 g/mol. The highest BCUT2D eigenvalue weighted by molar-refractivity contribution is 7.89. The Bertz CT molecular complexity index is 1050. The van der Waals surface area contributed by atoms with Gasteiger partial charge in [0, 0.05) is 38.4 Å². The zero-order valence-electron chi connectivity index (χ0n) is 15.8. The maximum Gasteiger partial charge on any atom is 0.240 e. The summed E-state index contributed by atoms with van der Waals surface area (Å²) in [6.45, 7) is 3.98. The standard InChI is InChI=1S/C22H25N3O2S/c26-28(27,21-9-4-8-20(17-21)25-15-13-23-14-16-25)24-12-11-19-7-3-6-18-5-1-2-10-22(18)19/h1-10,17,23-24H,11-16H2. The lowest BCUT2D eigenvalue weighted by molar-refractivity contribution is 0.580. The van der Waals surface area contributed by atoms with Crippen LogP contribution in [0.25, 0.3) is 10.8 Å². The van der Waals surface area contributed by atoms with Gasteiger partial charge in [0.15, 0.2) is 0 Å². The van der Waals surface area contributed by atoms with E-state index in [0.717, 1.165) is 37.4 Å². The van der Waals surface area contributed by atoms with Crippen molar-refractivity contribution in [2.75, 3.05) is 37.6 Å². The number of hydrogen-bond acceptors (Lipinski definition) is 4. The Labute approximate surface area is 166 Å². The zero-order chi connectivity index (χ0) is 19.4. The SMILES string of the molecule is O=S(=O)(NCCc1cccc2ccccc12)c1cccc(N2CCNCC2)c1. The molecule has 3 aromatic carbocycles. The van der Waals surface area contributed by atoms with Crippen LogP contribution >= 0.6 is 0 Å². The molecule has 0 radical (unpaired) electrons. The lowest BCUT2D eigenvalue weighted by Gasteiger charge is -2.29. The molecule has 1 aliphatic rings. The number of nitrogens with one attached hydrogen (secondary N) is 2. The first kappa shape index (κ1) is 18.9. The smallest absolute Gasteiger partial charge is 0.240 e. The Kier molecular flexibility index (Phi) is 5.62. The Hall–Kier alpha value is -2.41. The molecule has 0 atom stereocenters. The highest BCUT2D eigenvalue weighted by Gasteiger charge is 2.17. The topological polar surface area (TPSA) is 61.4 Å². The number of anilines is 1. The van der Waals surface area contributed by atoms with Gasteiger partial charge in [-0.15, -0.1) is 0 Å². The van der Waals surface area contributed by atoms with E-state index >= 15 is 0 Å². The number of benzene rings is 3. The minimum Gasteiger partial charge on any atom is -0.369 e. The molecular formula is C22H25N3O2S. The molecule has 0 unspecified atom stereocenters. The fourth-order valence-electron chi connectivity index (χ4n) is 3.68. The highest BCUT2D eigenvalue weighted by atomic mass is 32.2. The van der Waals surface area contributed by atoms with E-state index in [0.29, 0.717) is 17.9 Å². The fourth-order valence-corrected chi connectivity index (χ4v) is 4.76. The molecule has 2 N–H and O–H groups in total. The molecule has 1 heterocycles. The van der Waals surface area contributed by atoms with E-state index in [1.807, 2.05) is 30.3 Å². The summed E-state index contributed by atoms with van der Waals surface area (Å²) in [5.41, 5.74) is 2.11. The largest absolute Gasteiger partial charge is 0.369 e. The van der Waals surface area contributed by atoms with Crippen molar-refractivity contribution in [3.8, 4) is 0 Å². The normalized spacial score (nSPS) is 15.1. The molecule has 5 nitrogen and oxygen atoms in total. The van der Waals surface area contributed by atoms with Crippen LogP contribution in [0.5, 0.6) is 0 Å². The molecule has 0 aliphatic carbocycles. The van der Waals surface area contributed by atoms with Crippen molar-refractivity contribution in [2.45, 2.75) is 11.3 Å². The molecule has 28 heavy (non-hydrogen) atoms. The van der Waals surface area contributed by atoms with Gasteiger partial charge in [0.05, 0.1) is 4.90 Å². The first-order chi connectivity index (χ1) is 13.6. The maximum atomic E-state index is 12.8. The summed E-state index contributed by atoms with van der Waals surface area (Å²) in [6.07, 6.45) is 0.651. The molecule has 1 aliphatic heterocycles. The van der Waals surface area contributed by atoms with Gasteiger partial charge in [0.2, 0.25) is 10.0 Å². The number of nitrogens with zero attached hydrogens (tertiary/aromatic N) is 1. The molecule has 146 valence electrons. The lowest BCUT2D eigenvalue weighted by Crippen LogP contribution is -2.43. The van der Waals surface area contributed by atoms with Gasteiger partial charge < -0.3 is 10.2 Å². The molecule has 1 saturated heterocycles. The highest BCUT2D eigenvalue weighted by Crippen LogP contribution is 2.21. The van der Waals surface area contributed by atoms with Crippen LogP contribution in [-0.4, -0.2) is 41.1 Å². The molecule has 0 aromatic heterocycles. The summed E-state index contributed by atoms with van der Waals surface area (Å²) in [5, 5.41) is 5.66. The first-order valence-corrected chi connectivity index (χ1v) is 11.1. The van der Waals surface area contributed by atoms with Gasteiger partial charge in [0.1, 0.15) is 0 Å². The Balaban J connectivity index is 1.45. The van der Waals surface area contributed by atoms with E-state index in [4.69, 9.17) is 0 Å². The molecular weight excluding hydrogens is 370 g/mol. The van der Waals surface area contributed by atoms with Crippen LogP contribution in [0.1, 0.15) is 5.56 Å². The summed E-state index contributed by atoms with van der Waals surface area (Å²) >= 11 is 0. The Morgan fingerprint density at radius 3 is 2.54 bits per heavy atom. The number of rotatable bonds is 6. The predicted molar refractivity (Wildman–Crippen MR) is 114 cm³/mol. The van der Waals surface area contributed by atoms with Crippen molar-refractivity contribution in [2.24, 2.45) is 0 Å².